The number of ether oxygens (including phenoxy) is 1. The van der Waals surface area contributed by atoms with E-state index >= 15 is 0 Å². The lowest BCUT2D eigenvalue weighted by Crippen LogP contribution is -2.18. The molecule has 0 aliphatic heterocycles. The average Bonchev–Trinajstić information content (AvgIpc) is 2.68. The maximum atomic E-state index is 13.9. The van der Waals surface area contributed by atoms with Gasteiger partial charge in [0.1, 0.15) is 11.6 Å². The van der Waals surface area contributed by atoms with Gasteiger partial charge in [0.15, 0.2) is 4.60 Å². The maximum absolute atomic E-state index is 13.9. The molecule has 2 N–H and O–H groups in total. The van der Waals surface area contributed by atoms with Crippen LogP contribution in [-0.2, 0) is 7.05 Å². The van der Waals surface area contributed by atoms with Crippen molar-refractivity contribution in [1.82, 2.24) is 15.0 Å². The molecule has 0 aliphatic rings. The van der Waals surface area contributed by atoms with E-state index in [9.17, 15) is 4.39 Å². The van der Waals surface area contributed by atoms with E-state index in [2.05, 4.69) is 26.2 Å². The minimum Gasteiger partial charge on any atom is -0.496 e. The molecule has 7 heteroatoms. The largest absolute Gasteiger partial charge is 0.496 e. The molecule has 0 bridgehead atoms. The summed E-state index contributed by atoms with van der Waals surface area (Å²) in [7, 11) is 3.17. The Bertz CT molecular complexity index is 553. The van der Waals surface area contributed by atoms with Gasteiger partial charge in [0, 0.05) is 7.05 Å². The lowest BCUT2D eigenvalue weighted by Gasteiger charge is -2.16. The van der Waals surface area contributed by atoms with Crippen LogP contribution in [0.5, 0.6) is 5.75 Å². The summed E-state index contributed by atoms with van der Waals surface area (Å²) in [5.41, 5.74) is 6.95. The summed E-state index contributed by atoms with van der Waals surface area (Å²) in [6.45, 7) is 0. The van der Waals surface area contributed by atoms with Gasteiger partial charge in [-0.2, -0.15) is 0 Å². The summed E-state index contributed by atoms with van der Waals surface area (Å²) < 4.78 is 21.0. The first-order valence-electron chi connectivity index (χ1n) is 5.19. The van der Waals surface area contributed by atoms with Crippen LogP contribution in [0.3, 0.4) is 0 Å². The van der Waals surface area contributed by atoms with Crippen molar-refractivity contribution in [3.63, 3.8) is 0 Å². The van der Waals surface area contributed by atoms with E-state index in [1.54, 1.807) is 19.2 Å². The summed E-state index contributed by atoms with van der Waals surface area (Å²) in [4.78, 5) is 0. The topological polar surface area (TPSA) is 66.0 Å². The standard InChI is InChI=1S/C11H12BrFN4O/c1-17-10(11(12)15-16-17)9(14)8-6(13)4-3-5-7(8)18-2/h3-5,9H,14H2,1-2H3. The highest BCUT2D eigenvalue weighted by Gasteiger charge is 2.24. The molecule has 2 rings (SSSR count). The predicted octanol–water partition coefficient (Wildman–Crippen LogP) is 1.77. The second-order valence-corrected chi connectivity index (χ2v) is 4.47. The monoisotopic (exact) mass is 314 g/mol. The molecular weight excluding hydrogens is 303 g/mol. The van der Waals surface area contributed by atoms with Crippen LogP contribution in [0.15, 0.2) is 22.8 Å². The molecule has 1 unspecified atom stereocenters. The van der Waals surface area contributed by atoms with E-state index in [1.807, 2.05) is 0 Å². The van der Waals surface area contributed by atoms with Crippen molar-refractivity contribution in [3.05, 3.63) is 39.9 Å². The highest BCUT2D eigenvalue weighted by Crippen LogP contribution is 2.32. The van der Waals surface area contributed by atoms with Crippen molar-refractivity contribution in [1.29, 1.82) is 0 Å². The van der Waals surface area contributed by atoms with Crippen molar-refractivity contribution in [2.24, 2.45) is 12.8 Å². The molecule has 0 spiro atoms. The number of hydrogen-bond donors (Lipinski definition) is 1. The molecule has 0 saturated heterocycles. The van der Waals surface area contributed by atoms with Gasteiger partial charge in [-0.05, 0) is 28.1 Å². The van der Waals surface area contributed by atoms with Gasteiger partial charge in [-0.25, -0.2) is 9.07 Å². The number of nitrogens with two attached hydrogens (primary N) is 1. The molecule has 1 aromatic carbocycles. The molecule has 0 fully saturated rings. The Morgan fingerprint density at radius 1 is 1.50 bits per heavy atom. The number of methoxy groups -OCH3 is 1. The summed E-state index contributed by atoms with van der Waals surface area (Å²) in [6, 6.07) is 3.86. The van der Waals surface area contributed by atoms with Crippen molar-refractivity contribution < 1.29 is 9.13 Å². The van der Waals surface area contributed by atoms with Crippen molar-refractivity contribution in [2.45, 2.75) is 6.04 Å². The number of rotatable bonds is 3. The van der Waals surface area contributed by atoms with Crippen LogP contribution in [0.25, 0.3) is 0 Å². The quantitative estimate of drug-likeness (QED) is 0.937. The Balaban J connectivity index is 2.56. The van der Waals surface area contributed by atoms with E-state index < -0.39 is 11.9 Å². The Morgan fingerprint density at radius 3 is 2.78 bits per heavy atom. The summed E-state index contributed by atoms with van der Waals surface area (Å²) >= 11 is 3.25. The Morgan fingerprint density at radius 2 is 2.22 bits per heavy atom. The third-order valence-corrected chi connectivity index (χ3v) is 3.23. The zero-order chi connectivity index (χ0) is 13.3. The average molecular weight is 315 g/mol. The highest BCUT2D eigenvalue weighted by molar-refractivity contribution is 9.10. The lowest BCUT2D eigenvalue weighted by molar-refractivity contribution is 0.401. The van der Waals surface area contributed by atoms with Crippen LogP contribution in [0.2, 0.25) is 0 Å². The molecule has 18 heavy (non-hydrogen) atoms. The van der Waals surface area contributed by atoms with Crippen molar-refractivity contribution >= 4 is 15.9 Å². The van der Waals surface area contributed by atoms with Crippen LogP contribution in [0, 0.1) is 5.82 Å². The number of nitrogens with zero attached hydrogens (tertiary/aromatic N) is 3. The molecular formula is C11H12BrFN4O. The Labute approximate surface area is 112 Å². The van der Waals surface area contributed by atoms with E-state index in [0.717, 1.165) is 0 Å². The third-order valence-electron chi connectivity index (χ3n) is 2.67. The third kappa shape index (κ3) is 2.11. The Hall–Kier alpha value is -1.47. The molecule has 5 nitrogen and oxygen atoms in total. The van der Waals surface area contributed by atoms with Crippen molar-refractivity contribution in [3.8, 4) is 5.75 Å². The van der Waals surface area contributed by atoms with E-state index in [0.29, 0.717) is 16.0 Å². The first-order valence-corrected chi connectivity index (χ1v) is 5.98. The minimum absolute atomic E-state index is 0.283. The minimum atomic E-state index is -0.712. The van der Waals surface area contributed by atoms with Gasteiger partial charge in [-0.15, -0.1) is 5.10 Å². The fraction of sp³-hybridized carbons (Fsp3) is 0.273. The van der Waals surface area contributed by atoms with Gasteiger partial charge in [-0.1, -0.05) is 11.3 Å². The predicted molar refractivity (Wildman–Crippen MR) is 67.7 cm³/mol. The van der Waals surface area contributed by atoms with E-state index in [-0.39, 0.29) is 5.56 Å². The van der Waals surface area contributed by atoms with Crippen molar-refractivity contribution in [2.75, 3.05) is 7.11 Å². The fourth-order valence-electron chi connectivity index (χ4n) is 1.80. The van der Waals surface area contributed by atoms with Gasteiger partial charge < -0.3 is 10.5 Å². The van der Waals surface area contributed by atoms with Crippen LogP contribution in [0.4, 0.5) is 4.39 Å². The second kappa shape index (κ2) is 5.03. The lowest BCUT2D eigenvalue weighted by atomic mass is 10.0. The number of hydrogen-bond acceptors (Lipinski definition) is 4. The molecule has 0 aliphatic carbocycles. The van der Waals surface area contributed by atoms with E-state index in [1.165, 1.54) is 17.9 Å². The zero-order valence-corrected chi connectivity index (χ0v) is 11.5. The first kappa shape index (κ1) is 13.0. The van der Waals surface area contributed by atoms with Gasteiger partial charge in [-0.3, -0.25) is 0 Å². The first-order chi connectivity index (χ1) is 8.56. The van der Waals surface area contributed by atoms with Gasteiger partial charge >= 0.3 is 0 Å². The molecule has 0 radical (unpaired) electrons. The van der Waals surface area contributed by atoms with Crippen LogP contribution in [0.1, 0.15) is 17.3 Å². The molecule has 1 atom stereocenters. The summed E-state index contributed by atoms with van der Waals surface area (Å²) in [6.07, 6.45) is 0. The maximum Gasteiger partial charge on any atom is 0.153 e. The number of benzene rings is 1. The molecule has 1 aromatic heterocycles. The second-order valence-electron chi connectivity index (χ2n) is 3.72. The van der Waals surface area contributed by atoms with Gasteiger partial charge in [0.05, 0.1) is 24.4 Å². The molecule has 0 amide bonds. The van der Waals surface area contributed by atoms with Crippen LogP contribution in [-0.4, -0.2) is 22.1 Å². The number of aromatic nitrogens is 3. The zero-order valence-electron chi connectivity index (χ0n) is 9.89. The summed E-state index contributed by atoms with van der Waals surface area (Å²) in [5, 5.41) is 7.66. The normalized spacial score (nSPS) is 12.5. The van der Waals surface area contributed by atoms with Crippen LogP contribution >= 0.6 is 15.9 Å². The molecule has 0 saturated carbocycles. The summed E-state index contributed by atoms with van der Waals surface area (Å²) in [5.74, 6) is -0.0226. The van der Waals surface area contributed by atoms with E-state index in [4.69, 9.17) is 10.5 Å². The number of aryl methyl sites for hydroxylation is 1. The smallest absolute Gasteiger partial charge is 0.153 e. The van der Waals surface area contributed by atoms with Gasteiger partial charge in [0.25, 0.3) is 0 Å². The molecule has 1 heterocycles. The fourth-order valence-corrected chi connectivity index (χ4v) is 2.38. The Kier molecular flexibility index (Phi) is 3.63. The highest BCUT2D eigenvalue weighted by atomic mass is 79.9. The molecule has 96 valence electrons. The number of halogens is 2. The van der Waals surface area contributed by atoms with Gasteiger partial charge in [0.2, 0.25) is 0 Å². The van der Waals surface area contributed by atoms with Crippen LogP contribution < -0.4 is 10.5 Å². The SMILES string of the molecule is COc1cccc(F)c1C(N)c1c(Br)nnn1C. The molecule has 2 aromatic rings.